The molecule has 3 fully saturated rings. The Hall–Kier alpha value is -3.88. The Morgan fingerprint density at radius 2 is 1.59 bits per heavy atom. The highest BCUT2D eigenvalue weighted by Crippen LogP contribution is 2.28. The molecule has 13 nitrogen and oxygen atoms in total. The average molecular weight is 770 g/mol. The topological polar surface area (TPSA) is 135 Å². The number of ether oxygens (including phenoxy) is 2. The average Bonchev–Trinajstić information content (AvgIpc) is 3.31. The summed E-state index contributed by atoms with van der Waals surface area (Å²) in [6.45, 7) is 8.42. The highest BCUT2D eigenvalue weighted by molar-refractivity contribution is 9.10. The fraction of sp³-hybridized carbons (Fsp3) is 0.568. The number of nitrogens with one attached hydrogen (secondary N) is 1. The van der Waals surface area contributed by atoms with Crippen molar-refractivity contribution in [1.82, 2.24) is 24.5 Å². The summed E-state index contributed by atoms with van der Waals surface area (Å²) in [7, 11) is 0. The van der Waals surface area contributed by atoms with Crippen molar-refractivity contribution in [1.29, 1.82) is 0 Å². The summed E-state index contributed by atoms with van der Waals surface area (Å²) in [6, 6.07) is 13.1. The second-order valence-electron chi connectivity index (χ2n) is 13.8. The minimum absolute atomic E-state index is 0.00280. The molecule has 0 saturated carbocycles. The zero-order chi connectivity index (χ0) is 35.9. The molecule has 51 heavy (non-hydrogen) atoms. The van der Waals surface area contributed by atoms with E-state index in [1.807, 2.05) is 41.0 Å². The van der Waals surface area contributed by atoms with E-state index in [0.29, 0.717) is 69.2 Å². The van der Waals surface area contributed by atoms with Gasteiger partial charge in [-0.2, -0.15) is 0 Å². The molecule has 0 aliphatic carbocycles. The van der Waals surface area contributed by atoms with Crippen LogP contribution in [0.15, 0.2) is 46.9 Å². The van der Waals surface area contributed by atoms with Crippen molar-refractivity contribution in [2.24, 2.45) is 0 Å². The quantitative estimate of drug-likeness (QED) is 0.364. The number of likely N-dealkylation sites (tertiary alicyclic amines) is 2. The van der Waals surface area contributed by atoms with Gasteiger partial charge < -0.3 is 34.6 Å². The van der Waals surface area contributed by atoms with Crippen LogP contribution in [0, 0.1) is 0 Å². The molecule has 4 heterocycles. The SMILES string of the molecule is CCOC(=O)CN1CCN(C2CCN(C(=O)[C@@H](Cc3ccc(O)c(Br)c3)OC(=O)N3CCC(N4CCc5ccccc5NC4=O)CC3)CC2)CC1. The largest absolute Gasteiger partial charge is 0.507 e. The number of carbonyl (C=O) groups is 4. The van der Waals surface area contributed by atoms with Gasteiger partial charge in [-0.3, -0.25) is 19.4 Å². The van der Waals surface area contributed by atoms with Crippen molar-refractivity contribution in [3.8, 4) is 5.75 Å². The second-order valence-corrected chi connectivity index (χ2v) is 14.6. The number of hydrogen-bond acceptors (Lipinski definition) is 9. The summed E-state index contributed by atoms with van der Waals surface area (Å²) in [5.41, 5.74) is 2.71. The number of phenols is 1. The molecule has 0 aromatic heterocycles. The van der Waals surface area contributed by atoms with Crippen LogP contribution in [-0.2, 0) is 31.9 Å². The number of benzene rings is 2. The van der Waals surface area contributed by atoms with Crippen molar-refractivity contribution in [3.63, 3.8) is 0 Å². The Kier molecular flexibility index (Phi) is 12.4. The van der Waals surface area contributed by atoms with Crippen LogP contribution < -0.4 is 5.32 Å². The highest BCUT2D eigenvalue weighted by atomic mass is 79.9. The highest BCUT2D eigenvalue weighted by Gasteiger charge is 2.36. The number of carbonyl (C=O) groups excluding carboxylic acids is 4. The van der Waals surface area contributed by atoms with Gasteiger partial charge in [0.2, 0.25) is 0 Å². The van der Waals surface area contributed by atoms with Crippen molar-refractivity contribution in [3.05, 3.63) is 58.1 Å². The van der Waals surface area contributed by atoms with Crippen LogP contribution in [0.4, 0.5) is 15.3 Å². The molecular weight excluding hydrogens is 720 g/mol. The van der Waals surface area contributed by atoms with Gasteiger partial charge in [-0.1, -0.05) is 24.3 Å². The van der Waals surface area contributed by atoms with Crippen molar-refractivity contribution >= 4 is 45.6 Å². The molecule has 0 bridgehead atoms. The fourth-order valence-corrected chi connectivity index (χ4v) is 8.12. The molecule has 0 spiro atoms. The molecule has 3 saturated heterocycles. The molecule has 0 radical (unpaired) electrons. The maximum Gasteiger partial charge on any atom is 0.410 e. The molecular formula is C37H49BrN6O7. The third-order valence-electron chi connectivity index (χ3n) is 10.6. The first-order valence-corrected chi connectivity index (χ1v) is 19.0. The number of aromatic hydroxyl groups is 1. The van der Waals surface area contributed by atoms with Gasteiger partial charge in [0.1, 0.15) is 5.75 Å². The fourth-order valence-electron chi connectivity index (χ4n) is 7.70. The number of rotatable bonds is 9. The third kappa shape index (κ3) is 9.32. The lowest BCUT2D eigenvalue weighted by atomic mass is 10.0. The standard InChI is InChI=1S/C37H49BrN6O7/c1-2-50-34(46)25-40-19-21-41(22-20-40)28-10-14-42(15-11-28)35(47)33(24-26-7-8-32(45)30(38)23-26)51-37(49)43-16-12-29(13-17-43)44-18-9-27-5-3-4-6-31(27)39-36(44)48/h3-8,23,28-29,33,45H,2,9-22,24-25H2,1H3,(H,39,48)/t33-/m1/s1. The first-order valence-electron chi connectivity index (χ1n) is 18.2. The normalized spacial score (nSPS) is 20.3. The minimum Gasteiger partial charge on any atom is -0.507 e. The Morgan fingerprint density at radius 1 is 0.902 bits per heavy atom. The van der Waals surface area contributed by atoms with E-state index in [0.717, 1.165) is 62.3 Å². The number of piperidine rings is 2. The Morgan fingerprint density at radius 3 is 2.29 bits per heavy atom. The summed E-state index contributed by atoms with van der Waals surface area (Å²) < 4.78 is 11.6. The summed E-state index contributed by atoms with van der Waals surface area (Å²) in [5.74, 6) is -0.320. The lowest BCUT2D eigenvalue weighted by molar-refractivity contribution is -0.145. The van der Waals surface area contributed by atoms with Crippen molar-refractivity contribution < 1.29 is 33.8 Å². The van der Waals surface area contributed by atoms with Crippen LogP contribution in [0.3, 0.4) is 0 Å². The summed E-state index contributed by atoms with van der Waals surface area (Å²) in [5, 5.41) is 13.1. The molecule has 2 aromatic rings. The monoisotopic (exact) mass is 768 g/mol. The summed E-state index contributed by atoms with van der Waals surface area (Å²) >= 11 is 3.36. The van der Waals surface area contributed by atoms with Crippen molar-refractivity contribution in [2.45, 2.75) is 63.6 Å². The van der Waals surface area contributed by atoms with E-state index in [1.165, 1.54) is 0 Å². The van der Waals surface area contributed by atoms with Gasteiger partial charge >= 0.3 is 18.1 Å². The number of fused-ring (bicyclic) bond motifs is 1. The predicted octanol–water partition coefficient (Wildman–Crippen LogP) is 3.93. The van der Waals surface area contributed by atoms with Gasteiger partial charge in [0.05, 0.1) is 17.6 Å². The number of phenolic OH excluding ortho intramolecular Hbond substituents is 1. The molecule has 0 unspecified atom stereocenters. The van der Waals surface area contributed by atoms with E-state index in [2.05, 4.69) is 31.0 Å². The molecule has 4 aliphatic heterocycles. The van der Waals surface area contributed by atoms with Gasteiger partial charge in [-0.15, -0.1) is 0 Å². The lowest BCUT2D eigenvalue weighted by Gasteiger charge is -2.43. The molecule has 276 valence electrons. The van der Waals surface area contributed by atoms with Gasteiger partial charge in [-0.25, -0.2) is 9.59 Å². The van der Waals surface area contributed by atoms with E-state index >= 15 is 0 Å². The number of para-hydroxylation sites is 1. The van der Waals surface area contributed by atoms with Gasteiger partial charge in [0, 0.05) is 83.1 Å². The molecule has 4 amide bonds. The van der Waals surface area contributed by atoms with Gasteiger partial charge in [0.15, 0.2) is 6.10 Å². The molecule has 4 aliphatic rings. The predicted molar refractivity (Wildman–Crippen MR) is 194 cm³/mol. The maximum absolute atomic E-state index is 14.0. The number of urea groups is 1. The van der Waals surface area contributed by atoms with Crippen LogP contribution in [0.2, 0.25) is 0 Å². The number of esters is 1. The summed E-state index contributed by atoms with van der Waals surface area (Å²) in [6.07, 6.45) is 2.25. The first kappa shape index (κ1) is 36.9. The molecule has 6 rings (SSSR count). The summed E-state index contributed by atoms with van der Waals surface area (Å²) in [4.78, 5) is 62.5. The number of anilines is 1. The number of nitrogens with zero attached hydrogens (tertiary/aromatic N) is 5. The minimum atomic E-state index is -1.02. The van der Waals surface area contributed by atoms with Gasteiger partial charge in [0.25, 0.3) is 5.91 Å². The van der Waals surface area contributed by atoms with Gasteiger partial charge in [-0.05, 0) is 84.3 Å². The third-order valence-corrected chi connectivity index (χ3v) is 11.2. The van der Waals surface area contributed by atoms with Crippen LogP contribution in [0.5, 0.6) is 5.75 Å². The van der Waals surface area contributed by atoms with Crippen LogP contribution in [0.1, 0.15) is 43.7 Å². The number of hydrogen-bond donors (Lipinski definition) is 2. The maximum atomic E-state index is 14.0. The zero-order valence-corrected chi connectivity index (χ0v) is 30.9. The Bertz CT molecular complexity index is 1550. The van der Waals surface area contributed by atoms with Crippen LogP contribution >= 0.6 is 15.9 Å². The van der Waals surface area contributed by atoms with E-state index < -0.39 is 12.2 Å². The van der Waals surface area contributed by atoms with Crippen LogP contribution in [0.25, 0.3) is 0 Å². The Balaban J connectivity index is 1.03. The van der Waals surface area contributed by atoms with E-state index in [-0.39, 0.29) is 36.1 Å². The molecule has 1 atom stereocenters. The lowest BCUT2D eigenvalue weighted by Crippen LogP contribution is -2.55. The number of amides is 4. The molecule has 2 aromatic carbocycles. The van der Waals surface area contributed by atoms with E-state index in [4.69, 9.17) is 9.47 Å². The first-order chi connectivity index (χ1) is 24.7. The zero-order valence-electron chi connectivity index (χ0n) is 29.3. The van der Waals surface area contributed by atoms with Crippen molar-refractivity contribution in [2.75, 3.05) is 77.4 Å². The molecule has 2 N–H and O–H groups in total. The smallest absolute Gasteiger partial charge is 0.410 e. The van der Waals surface area contributed by atoms with E-state index in [9.17, 15) is 24.3 Å². The number of piperazine rings is 1. The number of halogens is 1. The van der Waals surface area contributed by atoms with E-state index in [1.54, 1.807) is 23.1 Å². The second kappa shape index (κ2) is 17.1. The molecule has 14 heteroatoms. The van der Waals surface area contributed by atoms with Crippen LogP contribution in [-0.4, -0.2) is 144 Å². The Labute approximate surface area is 307 Å².